The molecule has 0 saturated carbocycles. The molecule has 0 spiro atoms. The van der Waals surface area contributed by atoms with Gasteiger partial charge in [0.2, 0.25) is 0 Å². The first kappa shape index (κ1) is 10.8. The molecule has 1 saturated heterocycles. The number of nitrogens with one attached hydrogen (secondary N) is 2. The highest BCUT2D eigenvalue weighted by Gasteiger charge is 2.20. The number of amides is 1. The van der Waals surface area contributed by atoms with Gasteiger partial charge >= 0.3 is 6.09 Å². The Balaban J connectivity index is 1.89. The van der Waals surface area contributed by atoms with Gasteiger partial charge in [0.25, 0.3) is 0 Å². The van der Waals surface area contributed by atoms with Gasteiger partial charge in [-0.25, -0.2) is 4.79 Å². The molecule has 86 valence electrons. The zero-order valence-corrected chi connectivity index (χ0v) is 9.03. The van der Waals surface area contributed by atoms with Crippen LogP contribution in [-0.2, 0) is 4.74 Å². The van der Waals surface area contributed by atoms with Gasteiger partial charge in [-0.15, -0.1) is 0 Å². The molecular formula is C11H14N2O3. The van der Waals surface area contributed by atoms with Gasteiger partial charge in [0.05, 0.1) is 7.11 Å². The Labute approximate surface area is 93.7 Å². The summed E-state index contributed by atoms with van der Waals surface area (Å²) in [6.45, 7) is 1.46. The molecule has 5 heteroatoms. The Morgan fingerprint density at radius 1 is 1.50 bits per heavy atom. The smallest absolute Gasteiger partial charge is 0.411 e. The van der Waals surface area contributed by atoms with Gasteiger partial charge in [0, 0.05) is 24.8 Å². The van der Waals surface area contributed by atoms with Gasteiger partial charge in [-0.3, -0.25) is 5.32 Å². The number of benzene rings is 1. The van der Waals surface area contributed by atoms with Crippen molar-refractivity contribution >= 4 is 11.8 Å². The summed E-state index contributed by atoms with van der Waals surface area (Å²) in [5.41, 5.74) is 0.664. The Morgan fingerprint density at radius 2 is 2.31 bits per heavy atom. The third-order valence-electron chi connectivity index (χ3n) is 2.33. The number of carbonyl (C=O) groups excluding carboxylic acids is 1. The predicted octanol–water partition coefficient (Wildman–Crippen LogP) is 1.22. The van der Waals surface area contributed by atoms with E-state index in [9.17, 15) is 4.79 Å². The van der Waals surface area contributed by atoms with Crippen LogP contribution in [0.2, 0.25) is 0 Å². The molecule has 2 rings (SSSR count). The summed E-state index contributed by atoms with van der Waals surface area (Å²) in [6, 6.07) is 7.13. The Kier molecular flexibility index (Phi) is 3.26. The molecule has 0 aliphatic carbocycles. The largest absolute Gasteiger partial charge is 0.497 e. The first-order valence-corrected chi connectivity index (χ1v) is 5.10. The highest BCUT2D eigenvalue weighted by Crippen LogP contribution is 2.17. The summed E-state index contributed by atoms with van der Waals surface area (Å²) in [5.74, 6) is 0.697. The SMILES string of the molecule is COc1cccc(NC(=O)OC2CNC2)c1. The summed E-state index contributed by atoms with van der Waals surface area (Å²) in [4.78, 5) is 11.4. The van der Waals surface area contributed by atoms with Gasteiger partial charge in [0.1, 0.15) is 11.9 Å². The number of hydrogen-bond acceptors (Lipinski definition) is 4. The van der Waals surface area contributed by atoms with Crippen LogP contribution >= 0.6 is 0 Å². The van der Waals surface area contributed by atoms with Gasteiger partial charge < -0.3 is 14.8 Å². The summed E-state index contributed by atoms with van der Waals surface area (Å²) in [6.07, 6.45) is -0.439. The second-order valence-electron chi connectivity index (χ2n) is 3.54. The molecule has 5 nitrogen and oxygen atoms in total. The van der Waals surface area contributed by atoms with E-state index >= 15 is 0 Å². The minimum atomic E-state index is -0.431. The molecule has 1 aromatic carbocycles. The lowest BCUT2D eigenvalue weighted by Gasteiger charge is -2.26. The molecule has 0 radical (unpaired) electrons. The maximum atomic E-state index is 11.4. The molecule has 1 aromatic rings. The second-order valence-corrected chi connectivity index (χ2v) is 3.54. The van der Waals surface area contributed by atoms with Crippen molar-refractivity contribution < 1.29 is 14.3 Å². The fraction of sp³-hybridized carbons (Fsp3) is 0.364. The maximum Gasteiger partial charge on any atom is 0.411 e. The zero-order valence-electron chi connectivity index (χ0n) is 9.03. The van der Waals surface area contributed by atoms with E-state index < -0.39 is 6.09 Å². The highest BCUT2D eigenvalue weighted by atomic mass is 16.6. The highest BCUT2D eigenvalue weighted by molar-refractivity contribution is 5.85. The number of anilines is 1. The van der Waals surface area contributed by atoms with Crippen LogP contribution < -0.4 is 15.4 Å². The lowest BCUT2D eigenvalue weighted by Crippen LogP contribution is -2.49. The van der Waals surface area contributed by atoms with Crippen LogP contribution in [0.4, 0.5) is 10.5 Å². The molecule has 0 bridgehead atoms. The normalized spacial score (nSPS) is 15.1. The van der Waals surface area contributed by atoms with Crippen LogP contribution in [0.1, 0.15) is 0 Å². The van der Waals surface area contributed by atoms with Crippen molar-refractivity contribution in [2.75, 3.05) is 25.5 Å². The first-order valence-electron chi connectivity index (χ1n) is 5.10. The van der Waals surface area contributed by atoms with Crippen LogP contribution in [0.5, 0.6) is 5.75 Å². The molecule has 16 heavy (non-hydrogen) atoms. The summed E-state index contributed by atoms with van der Waals surface area (Å²) in [7, 11) is 1.58. The number of ether oxygens (including phenoxy) is 2. The van der Waals surface area contributed by atoms with E-state index in [1.165, 1.54) is 0 Å². The Hall–Kier alpha value is -1.75. The molecule has 0 unspecified atom stereocenters. The number of carbonyl (C=O) groups is 1. The lowest BCUT2D eigenvalue weighted by atomic mass is 10.2. The molecule has 1 heterocycles. The quantitative estimate of drug-likeness (QED) is 0.807. The Bertz CT molecular complexity index is 377. The molecule has 0 aromatic heterocycles. The number of methoxy groups -OCH3 is 1. The van der Waals surface area contributed by atoms with Gasteiger partial charge in [-0.2, -0.15) is 0 Å². The van der Waals surface area contributed by atoms with Gasteiger partial charge in [-0.1, -0.05) is 6.07 Å². The van der Waals surface area contributed by atoms with Crippen molar-refractivity contribution in [1.29, 1.82) is 0 Å². The fourth-order valence-electron chi connectivity index (χ4n) is 1.35. The van der Waals surface area contributed by atoms with Crippen LogP contribution in [0, 0.1) is 0 Å². The molecule has 1 aliphatic heterocycles. The molecule has 1 amide bonds. The van der Waals surface area contributed by atoms with E-state index in [4.69, 9.17) is 9.47 Å². The molecule has 0 atom stereocenters. The van der Waals surface area contributed by atoms with Crippen molar-refractivity contribution in [2.24, 2.45) is 0 Å². The van der Waals surface area contributed by atoms with Crippen LogP contribution in [0.15, 0.2) is 24.3 Å². The monoisotopic (exact) mass is 222 g/mol. The lowest BCUT2D eigenvalue weighted by molar-refractivity contribution is 0.0778. The summed E-state index contributed by atoms with van der Waals surface area (Å²) >= 11 is 0. The summed E-state index contributed by atoms with van der Waals surface area (Å²) in [5, 5.41) is 5.67. The van der Waals surface area contributed by atoms with Crippen molar-refractivity contribution in [3.8, 4) is 5.75 Å². The van der Waals surface area contributed by atoms with E-state index in [1.807, 2.05) is 6.07 Å². The standard InChI is InChI=1S/C11H14N2O3/c1-15-9-4-2-3-8(5-9)13-11(14)16-10-6-12-7-10/h2-5,10,12H,6-7H2,1H3,(H,13,14). The summed E-state index contributed by atoms with van der Waals surface area (Å²) < 4.78 is 10.2. The second kappa shape index (κ2) is 4.85. The van der Waals surface area contributed by atoms with Crippen LogP contribution in [0.25, 0.3) is 0 Å². The predicted molar refractivity (Wildman–Crippen MR) is 59.8 cm³/mol. The molecule has 2 N–H and O–H groups in total. The fourth-order valence-corrected chi connectivity index (χ4v) is 1.35. The van der Waals surface area contributed by atoms with Crippen LogP contribution in [-0.4, -0.2) is 32.4 Å². The molecular weight excluding hydrogens is 208 g/mol. The molecule has 1 aliphatic rings. The van der Waals surface area contributed by atoms with E-state index in [0.717, 1.165) is 13.1 Å². The van der Waals surface area contributed by atoms with E-state index in [1.54, 1.807) is 25.3 Å². The first-order chi connectivity index (χ1) is 7.78. The number of hydrogen-bond donors (Lipinski definition) is 2. The minimum Gasteiger partial charge on any atom is -0.497 e. The van der Waals surface area contributed by atoms with Gasteiger partial charge in [0.15, 0.2) is 0 Å². The minimum absolute atomic E-state index is 0.00870. The van der Waals surface area contributed by atoms with E-state index in [-0.39, 0.29) is 6.10 Å². The van der Waals surface area contributed by atoms with Crippen molar-refractivity contribution in [3.63, 3.8) is 0 Å². The van der Waals surface area contributed by atoms with Crippen molar-refractivity contribution in [3.05, 3.63) is 24.3 Å². The third-order valence-corrected chi connectivity index (χ3v) is 2.33. The third kappa shape index (κ3) is 2.64. The number of rotatable bonds is 3. The maximum absolute atomic E-state index is 11.4. The van der Waals surface area contributed by atoms with Gasteiger partial charge in [-0.05, 0) is 12.1 Å². The van der Waals surface area contributed by atoms with Crippen LogP contribution in [0.3, 0.4) is 0 Å². The van der Waals surface area contributed by atoms with E-state index in [2.05, 4.69) is 10.6 Å². The molecule has 1 fully saturated rings. The van der Waals surface area contributed by atoms with Crippen molar-refractivity contribution in [1.82, 2.24) is 5.32 Å². The van der Waals surface area contributed by atoms with Crippen molar-refractivity contribution in [2.45, 2.75) is 6.10 Å². The Morgan fingerprint density at radius 3 is 2.94 bits per heavy atom. The average Bonchev–Trinajstić information content (AvgIpc) is 2.24. The average molecular weight is 222 g/mol. The topological polar surface area (TPSA) is 59.6 Å². The van der Waals surface area contributed by atoms with E-state index in [0.29, 0.717) is 11.4 Å². The zero-order chi connectivity index (χ0) is 11.4.